The van der Waals surface area contributed by atoms with Crippen LogP contribution in [0, 0.1) is 6.92 Å². The van der Waals surface area contributed by atoms with E-state index in [0.29, 0.717) is 5.11 Å². The van der Waals surface area contributed by atoms with Crippen LogP contribution in [-0.2, 0) is 0 Å². The maximum absolute atomic E-state index is 5.33. The first kappa shape index (κ1) is 16.2. The van der Waals surface area contributed by atoms with Gasteiger partial charge in [-0.2, -0.15) is 0 Å². The number of benzene rings is 1. The third-order valence-electron chi connectivity index (χ3n) is 4.07. The van der Waals surface area contributed by atoms with Crippen LogP contribution in [0.2, 0.25) is 0 Å². The summed E-state index contributed by atoms with van der Waals surface area (Å²) in [5.41, 5.74) is 2.29. The van der Waals surface area contributed by atoms with E-state index >= 15 is 0 Å². The van der Waals surface area contributed by atoms with E-state index in [4.69, 9.17) is 12.2 Å². The van der Waals surface area contributed by atoms with E-state index < -0.39 is 0 Å². The van der Waals surface area contributed by atoms with Gasteiger partial charge in [0.05, 0.1) is 0 Å². The van der Waals surface area contributed by atoms with Crippen molar-refractivity contribution in [3.05, 3.63) is 29.8 Å². The minimum Gasteiger partial charge on any atom is -0.362 e. The number of nitrogens with one attached hydrogen (secondary N) is 3. The van der Waals surface area contributed by atoms with Crippen molar-refractivity contribution in [1.82, 2.24) is 10.6 Å². The predicted octanol–water partition coefficient (Wildman–Crippen LogP) is 3.59. The van der Waals surface area contributed by atoms with E-state index in [1.54, 1.807) is 0 Å². The van der Waals surface area contributed by atoms with Gasteiger partial charge in [0.2, 0.25) is 0 Å². The molecule has 0 saturated heterocycles. The van der Waals surface area contributed by atoms with E-state index in [1.165, 1.54) is 37.7 Å². The average molecular weight is 305 g/mol. The van der Waals surface area contributed by atoms with Crippen molar-refractivity contribution in [2.75, 3.05) is 18.4 Å². The Morgan fingerprint density at radius 1 is 1.14 bits per heavy atom. The van der Waals surface area contributed by atoms with Crippen molar-refractivity contribution >= 4 is 23.0 Å². The fourth-order valence-corrected chi connectivity index (χ4v) is 2.99. The first-order valence-corrected chi connectivity index (χ1v) is 8.50. The minimum atomic E-state index is 0.710. The van der Waals surface area contributed by atoms with Crippen LogP contribution in [0.5, 0.6) is 0 Å². The molecule has 0 amide bonds. The molecular weight excluding hydrogens is 278 g/mol. The quantitative estimate of drug-likeness (QED) is 0.554. The lowest BCUT2D eigenvalue weighted by Gasteiger charge is -2.22. The topological polar surface area (TPSA) is 36.1 Å². The Balaban J connectivity index is 1.56. The smallest absolute Gasteiger partial charge is 0.170 e. The SMILES string of the molecule is Cc1ccccc1NC(=S)NCCCNC1CCCCC1. The minimum absolute atomic E-state index is 0.710. The molecule has 21 heavy (non-hydrogen) atoms. The van der Waals surface area contributed by atoms with E-state index in [2.05, 4.69) is 28.9 Å². The van der Waals surface area contributed by atoms with Crippen LogP contribution in [0.3, 0.4) is 0 Å². The molecule has 1 aromatic rings. The normalized spacial score (nSPS) is 15.7. The first-order valence-electron chi connectivity index (χ1n) is 8.09. The highest BCUT2D eigenvalue weighted by Crippen LogP contribution is 2.17. The van der Waals surface area contributed by atoms with Gasteiger partial charge < -0.3 is 16.0 Å². The standard InChI is InChI=1S/C17H27N3S/c1-14-8-5-6-11-16(14)20-17(21)19-13-7-12-18-15-9-3-2-4-10-15/h5-6,8,11,15,18H,2-4,7,9-10,12-13H2,1H3,(H2,19,20,21). The van der Waals surface area contributed by atoms with Gasteiger partial charge in [-0.1, -0.05) is 37.5 Å². The average Bonchev–Trinajstić information content (AvgIpc) is 2.50. The van der Waals surface area contributed by atoms with Crippen LogP contribution >= 0.6 is 12.2 Å². The van der Waals surface area contributed by atoms with Gasteiger partial charge in [-0.25, -0.2) is 0 Å². The van der Waals surface area contributed by atoms with E-state index in [9.17, 15) is 0 Å². The third-order valence-corrected chi connectivity index (χ3v) is 4.32. The molecule has 0 aromatic heterocycles. The number of anilines is 1. The summed E-state index contributed by atoms with van der Waals surface area (Å²) < 4.78 is 0. The highest BCUT2D eigenvalue weighted by molar-refractivity contribution is 7.80. The number of thiocarbonyl (C=S) groups is 1. The van der Waals surface area contributed by atoms with Crippen molar-refractivity contribution in [2.45, 2.75) is 51.5 Å². The zero-order chi connectivity index (χ0) is 14.9. The lowest BCUT2D eigenvalue weighted by molar-refractivity contribution is 0.372. The van der Waals surface area contributed by atoms with E-state index in [0.717, 1.165) is 31.2 Å². The fraction of sp³-hybridized carbons (Fsp3) is 0.588. The summed E-state index contributed by atoms with van der Waals surface area (Å²) >= 11 is 5.33. The molecule has 1 aliphatic rings. The van der Waals surface area contributed by atoms with Crippen LogP contribution in [-0.4, -0.2) is 24.2 Å². The molecule has 1 saturated carbocycles. The molecule has 116 valence electrons. The lowest BCUT2D eigenvalue weighted by atomic mass is 9.95. The summed E-state index contributed by atoms with van der Waals surface area (Å²) in [4.78, 5) is 0. The Hall–Kier alpha value is -1.13. The summed E-state index contributed by atoms with van der Waals surface area (Å²) in [6, 6.07) is 8.93. The molecule has 0 radical (unpaired) electrons. The van der Waals surface area contributed by atoms with E-state index in [-0.39, 0.29) is 0 Å². The number of hydrogen-bond acceptors (Lipinski definition) is 2. The molecule has 0 unspecified atom stereocenters. The van der Waals surface area contributed by atoms with Gasteiger partial charge in [-0.3, -0.25) is 0 Å². The third kappa shape index (κ3) is 6.02. The Labute approximate surface area is 133 Å². The molecule has 0 heterocycles. The van der Waals surface area contributed by atoms with Gasteiger partial charge in [-0.15, -0.1) is 0 Å². The Morgan fingerprint density at radius 2 is 1.90 bits per heavy atom. The van der Waals surface area contributed by atoms with Crippen LogP contribution in [0.4, 0.5) is 5.69 Å². The van der Waals surface area contributed by atoms with Crippen molar-refractivity contribution < 1.29 is 0 Å². The van der Waals surface area contributed by atoms with Crippen LogP contribution < -0.4 is 16.0 Å². The Kier molecular flexibility index (Phi) is 6.96. The maximum atomic E-state index is 5.33. The van der Waals surface area contributed by atoms with Crippen LogP contribution in [0.25, 0.3) is 0 Å². The Morgan fingerprint density at radius 3 is 2.67 bits per heavy atom. The van der Waals surface area contributed by atoms with Crippen molar-refractivity contribution in [1.29, 1.82) is 0 Å². The number of hydrogen-bond donors (Lipinski definition) is 3. The molecule has 3 N–H and O–H groups in total. The summed E-state index contributed by atoms with van der Waals surface area (Å²) in [6.45, 7) is 4.07. The van der Waals surface area contributed by atoms with Gasteiger partial charge in [-0.05, 0) is 56.6 Å². The Bertz CT molecular complexity index is 441. The van der Waals surface area contributed by atoms with Crippen molar-refractivity contribution in [2.24, 2.45) is 0 Å². The fourth-order valence-electron chi connectivity index (χ4n) is 2.78. The second-order valence-corrected chi connectivity index (χ2v) is 6.25. The van der Waals surface area contributed by atoms with Gasteiger partial charge >= 0.3 is 0 Å². The molecule has 1 aliphatic carbocycles. The monoisotopic (exact) mass is 305 g/mol. The predicted molar refractivity (Wildman–Crippen MR) is 94.9 cm³/mol. The second kappa shape index (κ2) is 9.00. The molecular formula is C17H27N3S. The molecule has 0 bridgehead atoms. The van der Waals surface area contributed by atoms with E-state index in [1.807, 2.05) is 18.2 Å². The lowest BCUT2D eigenvalue weighted by Crippen LogP contribution is -2.35. The molecule has 1 fully saturated rings. The van der Waals surface area contributed by atoms with Gasteiger partial charge in [0.1, 0.15) is 0 Å². The van der Waals surface area contributed by atoms with Crippen molar-refractivity contribution in [3.63, 3.8) is 0 Å². The zero-order valence-electron chi connectivity index (χ0n) is 13.0. The van der Waals surface area contributed by atoms with Gasteiger partial charge in [0.15, 0.2) is 5.11 Å². The maximum Gasteiger partial charge on any atom is 0.170 e. The van der Waals surface area contributed by atoms with Crippen LogP contribution in [0.15, 0.2) is 24.3 Å². The summed E-state index contributed by atoms with van der Waals surface area (Å²) in [5, 5.41) is 10.9. The largest absolute Gasteiger partial charge is 0.362 e. The van der Waals surface area contributed by atoms with Crippen LogP contribution in [0.1, 0.15) is 44.1 Å². The second-order valence-electron chi connectivity index (χ2n) is 5.84. The summed E-state index contributed by atoms with van der Waals surface area (Å²) in [6.07, 6.45) is 7.99. The zero-order valence-corrected chi connectivity index (χ0v) is 13.8. The van der Waals surface area contributed by atoms with Crippen molar-refractivity contribution in [3.8, 4) is 0 Å². The molecule has 2 rings (SSSR count). The number of aryl methyl sites for hydroxylation is 1. The first-order chi connectivity index (χ1) is 10.3. The molecule has 0 spiro atoms. The molecule has 4 heteroatoms. The van der Waals surface area contributed by atoms with Gasteiger partial charge in [0.25, 0.3) is 0 Å². The molecule has 0 aliphatic heterocycles. The summed E-state index contributed by atoms with van der Waals surface area (Å²) in [5.74, 6) is 0. The number of para-hydroxylation sites is 1. The molecule has 1 aromatic carbocycles. The molecule has 0 atom stereocenters. The number of rotatable bonds is 6. The highest BCUT2D eigenvalue weighted by Gasteiger charge is 2.11. The highest BCUT2D eigenvalue weighted by atomic mass is 32.1. The summed E-state index contributed by atoms with van der Waals surface area (Å²) in [7, 11) is 0. The molecule has 3 nitrogen and oxygen atoms in total. The van der Waals surface area contributed by atoms with Gasteiger partial charge in [0, 0.05) is 18.3 Å².